The van der Waals surface area contributed by atoms with E-state index >= 15 is 0 Å². The summed E-state index contributed by atoms with van der Waals surface area (Å²) in [6.45, 7) is 1.63. The summed E-state index contributed by atoms with van der Waals surface area (Å²) in [4.78, 5) is 39.1. The Morgan fingerprint density at radius 3 is 2.61 bits per heavy atom. The number of urea groups is 1. The van der Waals surface area contributed by atoms with Crippen LogP contribution in [0.2, 0.25) is 0 Å². The fourth-order valence-corrected chi connectivity index (χ4v) is 3.72. The largest absolute Gasteiger partial charge is 0.480 e. The minimum Gasteiger partial charge on any atom is -0.480 e. The van der Waals surface area contributed by atoms with Crippen molar-refractivity contribution in [2.24, 2.45) is 0 Å². The van der Waals surface area contributed by atoms with Crippen molar-refractivity contribution in [3.63, 3.8) is 0 Å². The first-order valence-electron chi connectivity index (χ1n) is 10.4. The number of anilines is 1. The molecule has 3 N–H and O–H groups in total. The number of carboxylic acid groups (broad SMARTS) is 1. The van der Waals surface area contributed by atoms with E-state index in [0.717, 1.165) is 5.56 Å². The van der Waals surface area contributed by atoms with Crippen molar-refractivity contribution in [2.75, 3.05) is 25.1 Å². The standard InChI is InChI=1S/C21H24N4O8/c1-2-22-20(28)23-14-8-9-25(21(29)24-14)18-17-16(13(31-18)10-30-11-15(26)27)32-19(33-17)12-6-4-3-5-7-12/h3-9,13,16-19H,2,10-11H2,1H3,(H,26,27)(H2,22,23,24,28,29)/t13-,16?,17+,18-,19+/m1/s1. The van der Waals surface area contributed by atoms with E-state index in [-0.39, 0.29) is 12.4 Å². The van der Waals surface area contributed by atoms with E-state index in [1.807, 2.05) is 30.3 Å². The molecule has 176 valence electrons. The Kier molecular flexibility index (Phi) is 6.99. The first-order chi connectivity index (χ1) is 16.0. The number of hydrogen-bond donors (Lipinski definition) is 3. The molecule has 2 aliphatic heterocycles. The molecule has 33 heavy (non-hydrogen) atoms. The fraction of sp³-hybridized carbons (Fsp3) is 0.429. The first-order valence-corrected chi connectivity index (χ1v) is 10.4. The second kappa shape index (κ2) is 10.1. The normalized spacial score (nSPS) is 26.0. The van der Waals surface area contributed by atoms with E-state index in [9.17, 15) is 14.4 Å². The van der Waals surface area contributed by atoms with Gasteiger partial charge < -0.3 is 29.4 Å². The van der Waals surface area contributed by atoms with Crippen LogP contribution in [0.5, 0.6) is 0 Å². The van der Waals surface area contributed by atoms with E-state index in [0.29, 0.717) is 6.54 Å². The van der Waals surface area contributed by atoms with Gasteiger partial charge in [-0.3, -0.25) is 9.88 Å². The summed E-state index contributed by atoms with van der Waals surface area (Å²) in [6.07, 6.45) is -2.08. The summed E-state index contributed by atoms with van der Waals surface area (Å²) in [7, 11) is 0. The highest BCUT2D eigenvalue weighted by atomic mass is 16.8. The average molecular weight is 460 g/mol. The third-order valence-electron chi connectivity index (χ3n) is 5.11. The topological polar surface area (TPSA) is 150 Å². The van der Waals surface area contributed by atoms with Crippen molar-refractivity contribution in [2.45, 2.75) is 37.8 Å². The van der Waals surface area contributed by atoms with Crippen LogP contribution in [-0.4, -0.2) is 64.7 Å². The van der Waals surface area contributed by atoms with Gasteiger partial charge in [-0.2, -0.15) is 4.98 Å². The fourth-order valence-electron chi connectivity index (χ4n) is 3.72. The number of carboxylic acids is 1. The van der Waals surface area contributed by atoms with E-state index < -0.39 is 55.1 Å². The number of hydrogen-bond acceptors (Lipinski definition) is 8. The Morgan fingerprint density at radius 1 is 1.15 bits per heavy atom. The number of benzene rings is 1. The van der Waals surface area contributed by atoms with Crippen LogP contribution in [0.1, 0.15) is 25.0 Å². The molecular formula is C21H24N4O8. The number of ether oxygens (including phenoxy) is 4. The van der Waals surface area contributed by atoms with Crippen LogP contribution in [0.15, 0.2) is 47.4 Å². The Bertz CT molecular complexity index is 1050. The second-order valence-electron chi connectivity index (χ2n) is 7.41. The Balaban J connectivity index is 1.55. The number of carbonyl (C=O) groups is 2. The summed E-state index contributed by atoms with van der Waals surface area (Å²) < 4.78 is 24.6. The molecule has 0 bridgehead atoms. The first kappa shape index (κ1) is 22.9. The molecule has 0 aliphatic carbocycles. The summed E-state index contributed by atoms with van der Waals surface area (Å²) in [5.74, 6) is -1.02. The predicted molar refractivity (Wildman–Crippen MR) is 112 cm³/mol. The van der Waals surface area contributed by atoms with Crippen LogP contribution in [0.25, 0.3) is 0 Å². The summed E-state index contributed by atoms with van der Waals surface area (Å²) >= 11 is 0. The maximum absolute atomic E-state index is 12.7. The van der Waals surface area contributed by atoms with Crippen LogP contribution >= 0.6 is 0 Å². The molecule has 5 atom stereocenters. The molecule has 2 amide bonds. The Hall–Kier alpha value is -3.32. The molecule has 2 aromatic rings. The van der Waals surface area contributed by atoms with Crippen LogP contribution in [-0.2, 0) is 23.7 Å². The van der Waals surface area contributed by atoms with Crippen molar-refractivity contribution < 1.29 is 33.6 Å². The number of fused-ring (bicyclic) bond motifs is 1. The number of aromatic nitrogens is 2. The maximum Gasteiger partial charge on any atom is 0.351 e. The van der Waals surface area contributed by atoms with E-state index in [2.05, 4.69) is 15.6 Å². The second-order valence-corrected chi connectivity index (χ2v) is 7.41. The minimum atomic E-state index is -1.11. The third kappa shape index (κ3) is 5.20. The van der Waals surface area contributed by atoms with Gasteiger partial charge in [-0.05, 0) is 13.0 Å². The van der Waals surface area contributed by atoms with Crippen LogP contribution < -0.4 is 16.3 Å². The number of amides is 2. The summed E-state index contributed by atoms with van der Waals surface area (Å²) in [5, 5.41) is 13.9. The number of nitrogens with one attached hydrogen (secondary N) is 2. The van der Waals surface area contributed by atoms with Gasteiger partial charge in [0, 0.05) is 18.3 Å². The van der Waals surface area contributed by atoms with Crippen molar-refractivity contribution in [3.05, 3.63) is 58.6 Å². The molecule has 3 heterocycles. The van der Waals surface area contributed by atoms with Gasteiger partial charge in [-0.1, -0.05) is 30.3 Å². The molecule has 1 unspecified atom stereocenters. The van der Waals surface area contributed by atoms with E-state index in [1.165, 1.54) is 16.8 Å². The SMILES string of the molecule is CCNC(=O)Nc1ccn([C@@H]2O[C@H](COCC(=O)O)C3O[C@H](c4ccccc4)O[C@@H]32)c(=O)n1. The minimum absolute atomic E-state index is 0.0617. The highest BCUT2D eigenvalue weighted by Gasteiger charge is 2.54. The monoisotopic (exact) mass is 460 g/mol. The lowest BCUT2D eigenvalue weighted by Gasteiger charge is -2.21. The zero-order chi connectivity index (χ0) is 23.4. The molecule has 2 saturated heterocycles. The molecule has 4 rings (SSSR count). The smallest absolute Gasteiger partial charge is 0.351 e. The van der Waals surface area contributed by atoms with Crippen molar-refractivity contribution in [3.8, 4) is 0 Å². The molecule has 0 saturated carbocycles. The van der Waals surface area contributed by atoms with Gasteiger partial charge >= 0.3 is 17.7 Å². The van der Waals surface area contributed by atoms with Crippen LogP contribution in [0.3, 0.4) is 0 Å². The number of nitrogens with zero attached hydrogens (tertiary/aromatic N) is 2. The summed E-state index contributed by atoms with van der Waals surface area (Å²) in [6, 6.07) is 10.3. The zero-order valence-electron chi connectivity index (χ0n) is 17.7. The highest BCUT2D eigenvalue weighted by Crippen LogP contribution is 2.43. The molecule has 1 aromatic carbocycles. The van der Waals surface area contributed by atoms with Gasteiger partial charge in [0.2, 0.25) is 0 Å². The van der Waals surface area contributed by atoms with Crippen LogP contribution in [0, 0.1) is 0 Å². The van der Waals surface area contributed by atoms with Gasteiger partial charge in [0.05, 0.1) is 6.61 Å². The molecule has 0 radical (unpaired) electrons. The predicted octanol–water partition coefficient (Wildman–Crippen LogP) is 0.866. The molecule has 2 fully saturated rings. The maximum atomic E-state index is 12.7. The Labute approximate surface area is 188 Å². The van der Waals surface area contributed by atoms with E-state index in [4.69, 9.17) is 24.1 Å². The summed E-state index contributed by atoms with van der Waals surface area (Å²) in [5.41, 5.74) is 0.134. The van der Waals surface area contributed by atoms with Gasteiger partial charge in [0.25, 0.3) is 0 Å². The Morgan fingerprint density at radius 2 is 1.91 bits per heavy atom. The molecular weight excluding hydrogens is 436 g/mol. The van der Waals surface area contributed by atoms with Crippen molar-refractivity contribution in [1.29, 1.82) is 0 Å². The number of aliphatic carboxylic acids is 1. The molecule has 12 heteroatoms. The molecule has 1 aromatic heterocycles. The van der Waals surface area contributed by atoms with Crippen molar-refractivity contribution >= 4 is 17.8 Å². The molecule has 0 spiro atoms. The highest BCUT2D eigenvalue weighted by molar-refractivity contribution is 5.87. The quantitative estimate of drug-likeness (QED) is 0.521. The lowest BCUT2D eigenvalue weighted by Crippen LogP contribution is -2.35. The van der Waals surface area contributed by atoms with E-state index in [1.54, 1.807) is 6.92 Å². The lowest BCUT2D eigenvalue weighted by atomic mass is 10.1. The average Bonchev–Trinajstić information content (AvgIpc) is 3.35. The zero-order valence-corrected chi connectivity index (χ0v) is 17.7. The third-order valence-corrected chi connectivity index (χ3v) is 5.11. The number of rotatable bonds is 8. The van der Waals surface area contributed by atoms with Gasteiger partial charge in [0.1, 0.15) is 30.7 Å². The van der Waals surface area contributed by atoms with Gasteiger partial charge in [0.15, 0.2) is 12.5 Å². The molecule has 12 nitrogen and oxygen atoms in total. The lowest BCUT2D eigenvalue weighted by molar-refractivity contribution is -0.162. The van der Waals surface area contributed by atoms with Gasteiger partial charge in [-0.25, -0.2) is 14.4 Å². The van der Waals surface area contributed by atoms with Crippen LogP contribution in [0.4, 0.5) is 10.6 Å². The van der Waals surface area contributed by atoms with Gasteiger partial charge in [-0.15, -0.1) is 0 Å². The van der Waals surface area contributed by atoms with Crippen molar-refractivity contribution in [1.82, 2.24) is 14.9 Å². The number of carbonyl (C=O) groups excluding carboxylic acids is 1. The molecule has 2 aliphatic rings.